The molecule has 0 aliphatic rings. The number of pyridine rings is 1. The Balaban J connectivity index is 0.000000240. The van der Waals surface area contributed by atoms with Gasteiger partial charge in [0.1, 0.15) is 52.7 Å². The molecule has 0 spiro atoms. The lowest BCUT2D eigenvalue weighted by molar-refractivity contribution is -0.671. The Morgan fingerprint density at radius 3 is 1.06 bits per heavy atom. The van der Waals surface area contributed by atoms with Crippen molar-refractivity contribution in [3.8, 4) is 11.3 Å². The average molecular weight is 1040 g/mol. The molecular formula is C47H18BF20NOS. The molecular weight excluding hydrogens is 1020 g/mol. The van der Waals surface area contributed by atoms with Gasteiger partial charge in [-0.05, 0) is 23.6 Å². The molecule has 0 atom stereocenters. The number of rotatable bonds is 8. The zero-order chi connectivity index (χ0) is 52.3. The van der Waals surface area contributed by atoms with Crippen LogP contribution in [0.4, 0.5) is 87.8 Å². The summed E-state index contributed by atoms with van der Waals surface area (Å²) in [6, 6.07) is 27.7. The SMILES string of the molecule is Fc1c(F)c(F)c([B-](c2c(F)c(F)c(F)c(F)c2F)(c2c(F)c(F)c(F)c(F)c2F)c2c(F)c(F)c(F)c(F)c2F)c(F)c1F.O=C(C[n+]1ccc2ccccc2c1-c1ccccc1S)c1ccccc1. The summed E-state index contributed by atoms with van der Waals surface area (Å²) >= 11 is 4.64. The molecule has 7 aromatic carbocycles. The highest BCUT2D eigenvalue weighted by molar-refractivity contribution is 7.80. The van der Waals surface area contributed by atoms with E-state index in [-0.39, 0.29) is 12.3 Å². The lowest BCUT2D eigenvalue weighted by atomic mass is 9.12. The summed E-state index contributed by atoms with van der Waals surface area (Å²) in [6.07, 6.45) is -5.23. The highest BCUT2D eigenvalue weighted by Gasteiger charge is 2.52. The third-order valence-electron chi connectivity index (χ3n) is 11.2. The van der Waals surface area contributed by atoms with Gasteiger partial charge in [-0.15, -0.1) is 34.5 Å². The number of thiol groups is 1. The van der Waals surface area contributed by atoms with Gasteiger partial charge in [0.2, 0.25) is 18.0 Å². The molecule has 24 heteroatoms. The third kappa shape index (κ3) is 8.19. The Hall–Kier alpha value is -7.37. The minimum absolute atomic E-state index is 0.0868. The van der Waals surface area contributed by atoms with E-state index in [9.17, 15) is 57.5 Å². The number of carbonyl (C=O) groups is 1. The maximum atomic E-state index is 15.4. The Morgan fingerprint density at radius 1 is 0.380 bits per heavy atom. The van der Waals surface area contributed by atoms with Crippen molar-refractivity contribution in [2.75, 3.05) is 0 Å². The smallest absolute Gasteiger partial charge is 0.227 e. The molecule has 366 valence electrons. The van der Waals surface area contributed by atoms with E-state index in [1.807, 2.05) is 77.5 Å². The van der Waals surface area contributed by atoms with Gasteiger partial charge in [0.25, 0.3) is 0 Å². The van der Waals surface area contributed by atoms with Gasteiger partial charge in [0, 0.05) is 16.5 Å². The van der Waals surface area contributed by atoms with Gasteiger partial charge in [0.05, 0.1) is 10.9 Å². The topological polar surface area (TPSA) is 20.9 Å². The maximum Gasteiger partial charge on any atom is 0.227 e. The number of ketones is 1. The molecule has 8 aromatic rings. The predicted molar refractivity (Wildman–Crippen MR) is 217 cm³/mol. The first-order valence-corrected chi connectivity index (χ1v) is 19.9. The van der Waals surface area contributed by atoms with Crippen LogP contribution < -0.4 is 26.4 Å². The predicted octanol–water partition coefficient (Wildman–Crippen LogP) is 10.8. The maximum absolute atomic E-state index is 15.4. The average Bonchev–Trinajstić information content (AvgIpc) is 3.36. The molecule has 0 radical (unpaired) electrons. The number of nitrogens with zero attached hydrogens (tertiary/aromatic N) is 1. The van der Waals surface area contributed by atoms with E-state index < -0.39 is 144 Å². The quantitative estimate of drug-likeness (QED) is 0.0306. The minimum atomic E-state index is -7.22. The van der Waals surface area contributed by atoms with E-state index in [0.717, 1.165) is 32.5 Å². The number of fused-ring (bicyclic) bond motifs is 1. The van der Waals surface area contributed by atoms with Crippen LogP contribution >= 0.6 is 12.6 Å². The first-order chi connectivity index (χ1) is 33.4. The molecule has 0 saturated carbocycles. The number of aromatic nitrogens is 1. The highest BCUT2D eigenvalue weighted by Crippen LogP contribution is 2.32. The van der Waals surface area contributed by atoms with Crippen LogP contribution in [-0.2, 0) is 6.54 Å². The summed E-state index contributed by atoms with van der Waals surface area (Å²) in [5.74, 6) is -71.3. The zero-order valence-electron chi connectivity index (χ0n) is 34.3. The fraction of sp³-hybridized carbons (Fsp3) is 0.0213. The van der Waals surface area contributed by atoms with Crippen LogP contribution in [0.15, 0.2) is 96.0 Å². The van der Waals surface area contributed by atoms with Crippen LogP contribution in [-0.4, -0.2) is 11.9 Å². The lowest BCUT2D eigenvalue weighted by Gasteiger charge is -2.44. The van der Waals surface area contributed by atoms with E-state index in [2.05, 4.69) is 30.8 Å². The number of benzene rings is 7. The molecule has 0 fully saturated rings. The second kappa shape index (κ2) is 19.4. The van der Waals surface area contributed by atoms with E-state index in [1.165, 1.54) is 0 Å². The van der Waals surface area contributed by atoms with E-state index in [4.69, 9.17) is 0 Å². The summed E-state index contributed by atoms with van der Waals surface area (Å²) in [7, 11) is 0. The number of hydrogen-bond donors (Lipinski definition) is 1. The molecule has 1 aromatic heterocycles. The van der Waals surface area contributed by atoms with Crippen LogP contribution in [0.5, 0.6) is 0 Å². The molecule has 0 unspecified atom stereocenters. The zero-order valence-corrected chi connectivity index (χ0v) is 35.2. The van der Waals surface area contributed by atoms with Crippen molar-refractivity contribution < 1.29 is 97.2 Å². The van der Waals surface area contributed by atoms with E-state index >= 15 is 35.1 Å². The van der Waals surface area contributed by atoms with Crippen LogP contribution in [0.1, 0.15) is 10.4 Å². The number of halogens is 20. The normalized spacial score (nSPS) is 11.6. The Bertz CT molecular complexity index is 3120. The van der Waals surface area contributed by atoms with Gasteiger partial charge >= 0.3 is 0 Å². The van der Waals surface area contributed by atoms with Crippen molar-refractivity contribution in [3.05, 3.63) is 213 Å². The van der Waals surface area contributed by atoms with Crippen LogP contribution in [0.25, 0.3) is 22.0 Å². The van der Waals surface area contributed by atoms with Gasteiger partial charge in [-0.2, -0.15) is 4.57 Å². The lowest BCUT2D eigenvalue weighted by Crippen LogP contribution is -2.81. The second-order valence-electron chi connectivity index (χ2n) is 15.0. The van der Waals surface area contributed by atoms with Crippen molar-refractivity contribution >= 4 is 57.2 Å². The molecule has 71 heavy (non-hydrogen) atoms. The molecule has 0 aliphatic heterocycles. The van der Waals surface area contributed by atoms with Crippen molar-refractivity contribution in [2.45, 2.75) is 11.4 Å². The summed E-state index contributed by atoms with van der Waals surface area (Å²) in [6.45, 7) is 0.284. The summed E-state index contributed by atoms with van der Waals surface area (Å²) in [5, 5.41) is 2.25. The fourth-order valence-electron chi connectivity index (χ4n) is 8.11. The molecule has 0 aliphatic carbocycles. The molecule has 0 N–H and O–H groups in total. The molecule has 8 rings (SSSR count). The highest BCUT2D eigenvalue weighted by atomic mass is 32.1. The van der Waals surface area contributed by atoms with E-state index in [1.54, 1.807) is 0 Å². The molecule has 1 heterocycles. The minimum Gasteiger partial charge on any atom is -0.287 e. The summed E-state index contributed by atoms with van der Waals surface area (Å²) in [4.78, 5) is 13.7. The molecule has 0 saturated heterocycles. The van der Waals surface area contributed by atoms with Crippen molar-refractivity contribution in [3.63, 3.8) is 0 Å². The van der Waals surface area contributed by atoms with Crippen molar-refractivity contribution in [1.82, 2.24) is 0 Å². The van der Waals surface area contributed by atoms with Crippen LogP contribution in [0, 0.1) is 116 Å². The second-order valence-corrected chi connectivity index (χ2v) is 15.5. The first-order valence-electron chi connectivity index (χ1n) is 19.5. The largest absolute Gasteiger partial charge is 0.287 e. The number of carbonyl (C=O) groups excluding carboxylic acids is 1. The van der Waals surface area contributed by atoms with Gasteiger partial charge in [-0.1, -0.05) is 60.7 Å². The van der Waals surface area contributed by atoms with Gasteiger partial charge in [-0.25, -0.2) is 87.8 Å². The standard InChI is InChI=1S/C24BF20.C23H17NOS/c26-5-1(6(27)14(35)21(42)13(5)34)25(2-7(28)15(36)22(43)16(37)8(2)29,3-9(30)17(38)23(44)18(39)10(3)31)4-11(32)19(40)24(45)20(41)12(4)33;25-21(18-9-2-1-3-10-18)16-24-15-14-17-8-4-5-11-19(17)23(24)20-12-6-7-13-22(20)26/h;1-15H,16H2/q-1;/p+1. The van der Waals surface area contributed by atoms with Gasteiger partial charge < -0.3 is 0 Å². The van der Waals surface area contributed by atoms with Gasteiger partial charge in [0.15, 0.2) is 76.0 Å². The monoisotopic (exact) mass is 1040 g/mol. The Morgan fingerprint density at radius 2 is 0.690 bits per heavy atom. The number of hydrogen-bond acceptors (Lipinski definition) is 2. The number of Topliss-reactive ketones (excluding diaryl/α,β-unsaturated/α-hetero) is 1. The van der Waals surface area contributed by atoms with Crippen molar-refractivity contribution in [2.24, 2.45) is 0 Å². The van der Waals surface area contributed by atoms with Crippen LogP contribution in [0.3, 0.4) is 0 Å². The van der Waals surface area contributed by atoms with E-state index in [0.29, 0.717) is 0 Å². The molecule has 0 bridgehead atoms. The third-order valence-corrected chi connectivity index (χ3v) is 11.6. The summed E-state index contributed by atoms with van der Waals surface area (Å²) in [5.41, 5.74) is -11.6. The fourth-order valence-corrected chi connectivity index (χ4v) is 8.37. The Kier molecular flexibility index (Phi) is 14.1. The van der Waals surface area contributed by atoms with Crippen LogP contribution in [0.2, 0.25) is 0 Å². The Labute approximate surface area is 389 Å². The van der Waals surface area contributed by atoms with Crippen molar-refractivity contribution in [1.29, 1.82) is 0 Å². The first kappa shape index (κ1) is 51.5. The van der Waals surface area contributed by atoms with Gasteiger partial charge in [-0.3, -0.25) is 4.79 Å². The molecule has 0 amide bonds. The summed E-state index contributed by atoms with van der Waals surface area (Å²) < 4.78 is 296. The molecule has 2 nitrogen and oxygen atoms in total.